The summed E-state index contributed by atoms with van der Waals surface area (Å²) in [6, 6.07) is 9.14. The van der Waals surface area contributed by atoms with E-state index >= 15 is 0 Å². The van der Waals surface area contributed by atoms with Crippen LogP contribution in [0.2, 0.25) is 0 Å². The minimum Gasteiger partial charge on any atom is -0.368 e. The Morgan fingerprint density at radius 1 is 0.882 bits per heavy atom. The van der Waals surface area contributed by atoms with Crippen LogP contribution < -0.4 is 14.9 Å². The highest BCUT2D eigenvalue weighted by molar-refractivity contribution is 7.92. The molecule has 2 aliphatic rings. The maximum atomic E-state index is 13.7. The molecule has 0 radical (unpaired) electrons. The van der Waals surface area contributed by atoms with Crippen LogP contribution in [-0.4, -0.2) is 58.5 Å². The van der Waals surface area contributed by atoms with Crippen LogP contribution in [-0.2, 0) is 10.0 Å². The number of amides is 1. The fraction of sp³-hybridized carbons (Fsp3) is 0.500. The van der Waals surface area contributed by atoms with Crippen LogP contribution in [0.15, 0.2) is 35.2 Å². The van der Waals surface area contributed by atoms with E-state index in [2.05, 4.69) is 14.9 Å². The topological polar surface area (TPSA) is 81.8 Å². The van der Waals surface area contributed by atoms with Crippen LogP contribution in [0.25, 0.3) is 0 Å². The molecule has 2 heterocycles. The van der Waals surface area contributed by atoms with Crippen LogP contribution >= 0.6 is 0 Å². The summed E-state index contributed by atoms with van der Waals surface area (Å²) in [7, 11) is -3.80. The monoisotopic (exact) mass is 484 g/mol. The Morgan fingerprint density at radius 3 is 2.12 bits per heavy atom. The van der Waals surface area contributed by atoms with Crippen molar-refractivity contribution in [2.75, 3.05) is 48.9 Å². The number of anilines is 2. The highest BCUT2D eigenvalue weighted by Gasteiger charge is 2.26. The molecule has 8 heteroatoms. The first kappa shape index (κ1) is 24.5. The molecule has 34 heavy (non-hydrogen) atoms. The van der Waals surface area contributed by atoms with Gasteiger partial charge < -0.3 is 15.1 Å². The number of nitrogens with zero attached hydrogens (tertiary/aromatic N) is 2. The molecule has 0 bridgehead atoms. The number of sulfonamides is 1. The Kier molecular flexibility index (Phi) is 7.48. The number of carbonyl (C=O) groups excluding carboxylic acids is 1. The zero-order valence-corrected chi connectivity index (χ0v) is 21.3. The predicted molar refractivity (Wildman–Crippen MR) is 137 cm³/mol. The van der Waals surface area contributed by atoms with Crippen LogP contribution in [0, 0.1) is 20.8 Å². The third-order valence-electron chi connectivity index (χ3n) is 6.70. The first-order valence-corrected chi connectivity index (χ1v) is 13.7. The van der Waals surface area contributed by atoms with E-state index in [1.165, 1.54) is 0 Å². The quantitative estimate of drug-likeness (QED) is 0.674. The first-order chi connectivity index (χ1) is 16.3. The van der Waals surface area contributed by atoms with Crippen molar-refractivity contribution >= 4 is 27.3 Å². The van der Waals surface area contributed by atoms with Gasteiger partial charge >= 0.3 is 0 Å². The van der Waals surface area contributed by atoms with Crippen molar-refractivity contribution in [1.29, 1.82) is 0 Å². The summed E-state index contributed by atoms with van der Waals surface area (Å²) in [5.74, 6) is -0.0147. The van der Waals surface area contributed by atoms with Crippen LogP contribution in [0.1, 0.15) is 52.7 Å². The van der Waals surface area contributed by atoms with Crippen molar-refractivity contribution in [3.05, 3.63) is 52.6 Å². The van der Waals surface area contributed by atoms with Gasteiger partial charge in [0.2, 0.25) is 0 Å². The maximum Gasteiger partial charge on any atom is 0.262 e. The predicted octanol–water partition coefficient (Wildman–Crippen LogP) is 3.84. The standard InChI is InChI=1S/C26H36N4O3S/c1-19-16-20(2)25(21(3)17-19)34(32,33)28-22-8-9-24(29-14-10-27-11-15-29)23(18-22)26(31)30-12-6-4-5-7-13-30/h8-9,16-18,27-28H,4-7,10-15H2,1-3H3. The Labute approximate surface area is 203 Å². The molecular weight excluding hydrogens is 448 g/mol. The molecule has 7 nitrogen and oxygen atoms in total. The number of hydrogen-bond acceptors (Lipinski definition) is 5. The van der Waals surface area contributed by atoms with E-state index in [1.807, 2.05) is 43.9 Å². The molecule has 0 aliphatic carbocycles. The van der Waals surface area contributed by atoms with E-state index in [4.69, 9.17) is 0 Å². The Morgan fingerprint density at radius 2 is 1.50 bits per heavy atom. The lowest BCUT2D eigenvalue weighted by Gasteiger charge is -2.32. The van der Waals surface area contributed by atoms with E-state index in [1.54, 1.807) is 12.1 Å². The number of rotatable bonds is 5. The van der Waals surface area contributed by atoms with E-state index in [-0.39, 0.29) is 5.91 Å². The molecule has 184 valence electrons. The fourth-order valence-electron chi connectivity index (χ4n) is 5.19. The van der Waals surface area contributed by atoms with Gasteiger partial charge in [-0.15, -0.1) is 0 Å². The number of hydrogen-bond donors (Lipinski definition) is 2. The second kappa shape index (κ2) is 10.4. The molecule has 2 saturated heterocycles. The Hall–Kier alpha value is -2.58. The van der Waals surface area contributed by atoms with E-state index in [0.29, 0.717) is 27.3 Å². The summed E-state index contributed by atoms with van der Waals surface area (Å²) in [6.45, 7) is 10.4. The van der Waals surface area contributed by atoms with Crippen LogP contribution in [0.5, 0.6) is 0 Å². The lowest BCUT2D eigenvalue weighted by Crippen LogP contribution is -2.44. The van der Waals surface area contributed by atoms with Gasteiger partial charge in [-0.1, -0.05) is 30.5 Å². The highest BCUT2D eigenvalue weighted by Crippen LogP contribution is 2.30. The van der Waals surface area contributed by atoms with Gasteiger partial charge in [0.1, 0.15) is 0 Å². The van der Waals surface area contributed by atoms with Gasteiger partial charge in [0.25, 0.3) is 15.9 Å². The molecule has 0 unspecified atom stereocenters. The lowest BCUT2D eigenvalue weighted by molar-refractivity contribution is 0.0762. The minimum atomic E-state index is -3.80. The number of likely N-dealkylation sites (tertiary alicyclic amines) is 1. The van der Waals surface area contributed by atoms with Crippen LogP contribution in [0.4, 0.5) is 11.4 Å². The third kappa shape index (κ3) is 5.39. The molecule has 2 aromatic carbocycles. The lowest BCUT2D eigenvalue weighted by atomic mass is 10.1. The molecule has 4 rings (SSSR count). The first-order valence-electron chi connectivity index (χ1n) is 12.3. The maximum absolute atomic E-state index is 13.7. The Bertz CT molecular complexity index is 1130. The zero-order valence-electron chi connectivity index (χ0n) is 20.5. The summed E-state index contributed by atoms with van der Waals surface area (Å²) in [6.07, 6.45) is 4.30. The fourth-order valence-corrected chi connectivity index (χ4v) is 6.70. The van der Waals surface area contributed by atoms with Gasteiger partial charge in [0.05, 0.1) is 10.5 Å². The summed E-state index contributed by atoms with van der Waals surface area (Å²) in [4.78, 5) is 18.1. The number of benzene rings is 2. The van der Waals surface area contributed by atoms with Gasteiger partial charge in [-0.3, -0.25) is 9.52 Å². The smallest absolute Gasteiger partial charge is 0.262 e. The van der Waals surface area contributed by atoms with Crippen molar-refractivity contribution in [2.45, 2.75) is 51.3 Å². The number of carbonyl (C=O) groups is 1. The van der Waals surface area contributed by atoms with Crippen molar-refractivity contribution < 1.29 is 13.2 Å². The Balaban J connectivity index is 1.70. The molecular formula is C26H36N4O3S. The van der Waals surface area contributed by atoms with E-state index in [9.17, 15) is 13.2 Å². The molecule has 2 N–H and O–H groups in total. The van der Waals surface area contributed by atoms with Gasteiger partial charge in [-0.2, -0.15) is 0 Å². The second-order valence-electron chi connectivity index (χ2n) is 9.51. The van der Waals surface area contributed by atoms with Crippen molar-refractivity contribution in [1.82, 2.24) is 10.2 Å². The largest absolute Gasteiger partial charge is 0.368 e. The molecule has 0 atom stereocenters. The molecule has 0 aromatic heterocycles. The number of nitrogens with one attached hydrogen (secondary N) is 2. The molecule has 2 fully saturated rings. The van der Waals surface area contributed by atoms with E-state index < -0.39 is 10.0 Å². The number of aryl methyl sites for hydroxylation is 3. The highest BCUT2D eigenvalue weighted by atomic mass is 32.2. The summed E-state index contributed by atoms with van der Waals surface area (Å²) in [5.41, 5.74) is 4.31. The normalized spacial score (nSPS) is 17.4. The van der Waals surface area contributed by atoms with E-state index in [0.717, 1.165) is 76.2 Å². The van der Waals surface area contributed by atoms with Crippen molar-refractivity contribution in [3.8, 4) is 0 Å². The molecule has 0 saturated carbocycles. The molecule has 1 amide bonds. The van der Waals surface area contributed by atoms with Crippen LogP contribution in [0.3, 0.4) is 0 Å². The molecule has 2 aliphatic heterocycles. The SMILES string of the molecule is Cc1cc(C)c(S(=O)(=O)Nc2ccc(N3CCNCC3)c(C(=O)N3CCCCCC3)c2)c(C)c1. The summed E-state index contributed by atoms with van der Waals surface area (Å²) < 4.78 is 29.4. The molecule has 0 spiro atoms. The summed E-state index contributed by atoms with van der Waals surface area (Å²) in [5, 5.41) is 3.35. The summed E-state index contributed by atoms with van der Waals surface area (Å²) >= 11 is 0. The number of piperazine rings is 1. The minimum absolute atomic E-state index is 0.0147. The van der Waals surface area contributed by atoms with Gasteiger partial charge in [0.15, 0.2) is 0 Å². The zero-order chi connectivity index (χ0) is 24.3. The van der Waals surface area contributed by atoms with Gasteiger partial charge in [-0.25, -0.2) is 8.42 Å². The van der Waals surface area contributed by atoms with Crippen molar-refractivity contribution in [3.63, 3.8) is 0 Å². The van der Waals surface area contributed by atoms with Gasteiger partial charge in [0, 0.05) is 50.6 Å². The average molecular weight is 485 g/mol. The third-order valence-corrected chi connectivity index (χ3v) is 8.39. The van der Waals surface area contributed by atoms with Gasteiger partial charge in [-0.05, 0) is 62.9 Å². The molecule has 2 aromatic rings. The second-order valence-corrected chi connectivity index (χ2v) is 11.1. The van der Waals surface area contributed by atoms with Crippen molar-refractivity contribution in [2.24, 2.45) is 0 Å². The average Bonchev–Trinajstić information content (AvgIpc) is 3.07.